The van der Waals surface area contributed by atoms with Crippen molar-refractivity contribution in [2.75, 3.05) is 0 Å². The molecule has 6 nitrogen and oxygen atoms in total. The molecular weight excluding hydrogens is 256 g/mol. The third kappa shape index (κ3) is 3.06. The van der Waals surface area contributed by atoms with Crippen molar-refractivity contribution in [3.05, 3.63) is 42.4 Å². The van der Waals surface area contributed by atoms with Crippen LogP contribution in [0.3, 0.4) is 0 Å². The van der Waals surface area contributed by atoms with Crippen LogP contribution in [0.15, 0.2) is 35.3 Å². The number of aryl methyl sites for hydroxylation is 1. The van der Waals surface area contributed by atoms with Crippen molar-refractivity contribution in [2.24, 2.45) is 0 Å². The molecule has 6 heteroatoms. The van der Waals surface area contributed by atoms with E-state index in [1.165, 1.54) is 12.5 Å². The lowest BCUT2D eigenvalue weighted by molar-refractivity contribution is 0.0932. The zero-order chi connectivity index (χ0) is 14.4. The molecule has 0 saturated carbocycles. The SMILES string of the molecule is CCCCn1cncc1C(=O)NC(C#N)c1ccco1. The summed E-state index contributed by atoms with van der Waals surface area (Å²) >= 11 is 0. The number of unbranched alkanes of at least 4 members (excludes halogenated alkanes) is 1. The van der Waals surface area contributed by atoms with E-state index in [0.29, 0.717) is 11.5 Å². The largest absolute Gasteiger partial charge is 0.466 e. The highest BCUT2D eigenvalue weighted by atomic mass is 16.3. The van der Waals surface area contributed by atoms with Gasteiger partial charge in [-0.2, -0.15) is 5.26 Å². The van der Waals surface area contributed by atoms with Gasteiger partial charge in [0.2, 0.25) is 0 Å². The number of amides is 1. The molecular formula is C14H16N4O2. The van der Waals surface area contributed by atoms with E-state index in [1.54, 1.807) is 23.0 Å². The molecule has 2 heterocycles. The van der Waals surface area contributed by atoms with Gasteiger partial charge in [0.1, 0.15) is 11.5 Å². The predicted molar refractivity (Wildman–Crippen MR) is 71.7 cm³/mol. The Morgan fingerprint density at radius 3 is 3.15 bits per heavy atom. The topological polar surface area (TPSA) is 83.9 Å². The molecule has 1 unspecified atom stereocenters. The Balaban J connectivity index is 2.08. The Labute approximate surface area is 117 Å². The molecule has 2 aromatic heterocycles. The maximum absolute atomic E-state index is 12.2. The molecule has 20 heavy (non-hydrogen) atoms. The second kappa shape index (κ2) is 6.57. The molecule has 0 fully saturated rings. The zero-order valence-electron chi connectivity index (χ0n) is 11.2. The number of hydrogen-bond acceptors (Lipinski definition) is 4. The number of hydrogen-bond donors (Lipinski definition) is 1. The van der Waals surface area contributed by atoms with Gasteiger partial charge in [0.25, 0.3) is 5.91 Å². The fourth-order valence-corrected chi connectivity index (χ4v) is 1.84. The van der Waals surface area contributed by atoms with Crippen molar-refractivity contribution < 1.29 is 9.21 Å². The molecule has 1 amide bonds. The molecule has 0 radical (unpaired) electrons. The minimum absolute atomic E-state index is 0.332. The Hall–Kier alpha value is -2.55. The van der Waals surface area contributed by atoms with Gasteiger partial charge in [-0.25, -0.2) is 4.98 Å². The van der Waals surface area contributed by atoms with E-state index in [4.69, 9.17) is 9.68 Å². The minimum Gasteiger partial charge on any atom is -0.466 e. The van der Waals surface area contributed by atoms with Crippen LogP contribution in [0.25, 0.3) is 0 Å². The van der Waals surface area contributed by atoms with E-state index in [0.717, 1.165) is 19.4 Å². The number of imidazole rings is 1. The van der Waals surface area contributed by atoms with Crippen molar-refractivity contribution in [3.63, 3.8) is 0 Å². The highest BCUT2D eigenvalue weighted by molar-refractivity contribution is 5.92. The lowest BCUT2D eigenvalue weighted by atomic mass is 10.2. The minimum atomic E-state index is -0.799. The number of nitrogens with zero attached hydrogens (tertiary/aromatic N) is 3. The van der Waals surface area contributed by atoms with Crippen molar-refractivity contribution in [1.29, 1.82) is 5.26 Å². The van der Waals surface area contributed by atoms with E-state index >= 15 is 0 Å². The summed E-state index contributed by atoms with van der Waals surface area (Å²) in [5, 5.41) is 11.7. The first-order valence-corrected chi connectivity index (χ1v) is 6.50. The van der Waals surface area contributed by atoms with Gasteiger partial charge in [0.15, 0.2) is 6.04 Å². The molecule has 0 saturated heterocycles. The number of aromatic nitrogens is 2. The molecule has 2 aromatic rings. The van der Waals surface area contributed by atoms with Crippen LogP contribution in [0, 0.1) is 11.3 Å². The molecule has 0 aromatic carbocycles. The summed E-state index contributed by atoms with van der Waals surface area (Å²) in [6.45, 7) is 2.82. The van der Waals surface area contributed by atoms with Gasteiger partial charge < -0.3 is 14.3 Å². The van der Waals surface area contributed by atoms with Crippen LogP contribution < -0.4 is 5.32 Å². The lowest BCUT2D eigenvalue weighted by Crippen LogP contribution is -2.29. The van der Waals surface area contributed by atoms with Gasteiger partial charge in [0.05, 0.1) is 24.9 Å². The maximum Gasteiger partial charge on any atom is 0.270 e. The molecule has 0 bridgehead atoms. The average molecular weight is 272 g/mol. The summed E-state index contributed by atoms with van der Waals surface area (Å²) < 4.78 is 6.93. The Morgan fingerprint density at radius 2 is 2.50 bits per heavy atom. The van der Waals surface area contributed by atoms with Crippen molar-refractivity contribution in [1.82, 2.24) is 14.9 Å². The van der Waals surface area contributed by atoms with Crippen LogP contribution in [-0.2, 0) is 6.54 Å². The van der Waals surface area contributed by atoms with Crippen LogP contribution in [0.1, 0.15) is 42.1 Å². The average Bonchev–Trinajstić information content (AvgIpc) is 3.13. The second-order valence-corrected chi connectivity index (χ2v) is 4.38. The number of nitrogens with one attached hydrogen (secondary N) is 1. The summed E-state index contributed by atoms with van der Waals surface area (Å²) in [5.74, 6) is 0.0852. The summed E-state index contributed by atoms with van der Waals surface area (Å²) in [6, 6.07) is 4.54. The van der Waals surface area contributed by atoms with E-state index in [1.807, 2.05) is 6.07 Å². The maximum atomic E-state index is 12.2. The molecule has 0 aliphatic rings. The number of carbonyl (C=O) groups excluding carboxylic acids is 1. The van der Waals surface area contributed by atoms with Crippen LogP contribution >= 0.6 is 0 Å². The highest BCUT2D eigenvalue weighted by Gasteiger charge is 2.19. The Bertz CT molecular complexity index is 595. The number of furan rings is 1. The first-order chi connectivity index (χ1) is 9.76. The van der Waals surface area contributed by atoms with Gasteiger partial charge in [-0.15, -0.1) is 0 Å². The van der Waals surface area contributed by atoms with E-state index < -0.39 is 6.04 Å². The fourth-order valence-electron chi connectivity index (χ4n) is 1.84. The van der Waals surface area contributed by atoms with Crippen LogP contribution in [-0.4, -0.2) is 15.5 Å². The number of carbonyl (C=O) groups is 1. The third-order valence-corrected chi connectivity index (χ3v) is 2.93. The van der Waals surface area contributed by atoms with Gasteiger partial charge >= 0.3 is 0 Å². The van der Waals surface area contributed by atoms with Crippen molar-refractivity contribution in [2.45, 2.75) is 32.4 Å². The number of rotatable bonds is 6. The summed E-state index contributed by atoms with van der Waals surface area (Å²) in [4.78, 5) is 16.2. The monoisotopic (exact) mass is 272 g/mol. The first-order valence-electron chi connectivity index (χ1n) is 6.50. The first kappa shape index (κ1) is 13.9. The van der Waals surface area contributed by atoms with E-state index in [-0.39, 0.29) is 5.91 Å². The smallest absolute Gasteiger partial charge is 0.270 e. The Morgan fingerprint density at radius 1 is 1.65 bits per heavy atom. The van der Waals surface area contributed by atoms with Crippen molar-refractivity contribution in [3.8, 4) is 6.07 Å². The summed E-state index contributed by atoms with van der Waals surface area (Å²) in [6.07, 6.45) is 6.60. The quantitative estimate of drug-likeness (QED) is 0.874. The summed E-state index contributed by atoms with van der Waals surface area (Å²) in [7, 11) is 0. The lowest BCUT2D eigenvalue weighted by Gasteiger charge is -2.11. The fraction of sp³-hybridized carbons (Fsp3) is 0.357. The van der Waals surface area contributed by atoms with Crippen LogP contribution in [0.2, 0.25) is 0 Å². The van der Waals surface area contributed by atoms with Gasteiger partial charge in [-0.05, 0) is 18.6 Å². The standard InChI is InChI=1S/C14H16N4O2/c1-2-3-6-18-10-16-9-12(18)14(19)17-11(8-15)13-5-4-7-20-13/h4-5,7,9-11H,2-3,6H2,1H3,(H,17,19). The highest BCUT2D eigenvalue weighted by Crippen LogP contribution is 2.13. The molecule has 2 rings (SSSR count). The van der Waals surface area contributed by atoms with Gasteiger partial charge in [-0.3, -0.25) is 4.79 Å². The zero-order valence-corrected chi connectivity index (χ0v) is 11.2. The van der Waals surface area contributed by atoms with Crippen LogP contribution in [0.4, 0.5) is 0 Å². The van der Waals surface area contributed by atoms with Crippen LogP contribution in [0.5, 0.6) is 0 Å². The summed E-state index contributed by atoms with van der Waals surface area (Å²) in [5.41, 5.74) is 0.449. The second-order valence-electron chi connectivity index (χ2n) is 4.38. The number of nitriles is 1. The molecule has 0 aliphatic carbocycles. The molecule has 0 spiro atoms. The molecule has 1 N–H and O–H groups in total. The van der Waals surface area contributed by atoms with E-state index in [2.05, 4.69) is 17.2 Å². The molecule has 1 atom stereocenters. The van der Waals surface area contributed by atoms with Gasteiger partial charge in [0, 0.05) is 6.54 Å². The van der Waals surface area contributed by atoms with E-state index in [9.17, 15) is 4.79 Å². The third-order valence-electron chi connectivity index (χ3n) is 2.93. The molecule has 104 valence electrons. The molecule has 0 aliphatic heterocycles. The van der Waals surface area contributed by atoms with Gasteiger partial charge in [-0.1, -0.05) is 13.3 Å². The van der Waals surface area contributed by atoms with Crippen molar-refractivity contribution >= 4 is 5.91 Å². The Kier molecular flexibility index (Phi) is 4.56. The normalized spacial score (nSPS) is 11.8. The predicted octanol–water partition coefficient (Wildman–Crippen LogP) is 2.27.